The van der Waals surface area contributed by atoms with E-state index in [2.05, 4.69) is 17.6 Å². The summed E-state index contributed by atoms with van der Waals surface area (Å²) in [7, 11) is 1.68. The van der Waals surface area contributed by atoms with Gasteiger partial charge in [0.15, 0.2) is 5.16 Å². The van der Waals surface area contributed by atoms with Gasteiger partial charge in [0.05, 0.1) is 10.9 Å². The Morgan fingerprint density at radius 2 is 2.20 bits per heavy atom. The number of fused-ring (bicyclic) bond motifs is 1. The van der Waals surface area contributed by atoms with Crippen molar-refractivity contribution in [2.45, 2.75) is 18.5 Å². The molecule has 15 heavy (non-hydrogen) atoms. The Labute approximate surface area is 93.2 Å². The molecule has 0 spiro atoms. The molecular formula is C11H12N2OS. The van der Waals surface area contributed by atoms with E-state index in [0.29, 0.717) is 10.5 Å². The molecule has 1 aromatic carbocycles. The van der Waals surface area contributed by atoms with Crippen molar-refractivity contribution in [3.8, 4) is 0 Å². The van der Waals surface area contributed by atoms with Crippen LogP contribution < -0.4 is 5.56 Å². The Kier molecular flexibility index (Phi) is 2.52. The second-order valence-corrected chi connectivity index (χ2v) is 3.84. The molecule has 0 fully saturated rings. The zero-order chi connectivity index (χ0) is 11.0. The number of thiol groups is 1. The molecule has 2 rings (SSSR count). The first-order valence-electron chi connectivity index (χ1n) is 4.82. The first-order valence-corrected chi connectivity index (χ1v) is 5.27. The van der Waals surface area contributed by atoms with E-state index in [-0.39, 0.29) is 5.56 Å². The Bertz CT molecular complexity index is 575. The van der Waals surface area contributed by atoms with E-state index in [1.807, 2.05) is 25.1 Å². The summed E-state index contributed by atoms with van der Waals surface area (Å²) in [5.74, 6) is 0. The highest BCUT2D eigenvalue weighted by molar-refractivity contribution is 7.80. The van der Waals surface area contributed by atoms with Gasteiger partial charge in [-0.2, -0.15) is 0 Å². The van der Waals surface area contributed by atoms with Gasteiger partial charge in [-0.25, -0.2) is 4.98 Å². The molecule has 0 amide bonds. The highest BCUT2D eigenvalue weighted by Crippen LogP contribution is 2.15. The van der Waals surface area contributed by atoms with Gasteiger partial charge in [0, 0.05) is 7.05 Å². The number of rotatable bonds is 1. The molecule has 2 aromatic rings. The van der Waals surface area contributed by atoms with Crippen LogP contribution in [0.25, 0.3) is 10.9 Å². The van der Waals surface area contributed by atoms with Gasteiger partial charge in [-0.15, -0.1) is 12.6 Å². The lowest BCUT2D eigenvalue weighted by Crippen LogP contribution is -2.20. The minimum Gasteiger partial charge on any atom is -0.290 e. The average Bonchev–Trinajstić information content (AvgIpc) is 2.25. The number of nitrogens with zero attached hydrogens (tertiary/aromatic N) is 2. The molecule has 1 heterocycles. The number of benzene rings is 1. The van der Waals surface area contributed by atoms with E-state index in [4.69, 9.17) is 0 Å². The summed E-state index contributed by atoms with van der Waals surface area (Å²) in [4.78, 5) is 16.3. The zero-order valence-corrected chi connectivity index (χ0v) is 9.58. The normalized spacial score (nSPS) is 10.9. The van der Waals surface area contributed by atoms with E-state index in [0.717, 1.165) is 17.5 Å². The molecule has 0 N–H and O–H groups in total. The van der Waals surface area contributed by atoms with E-state index < -0.39 is 0 Å². The molecular weight excluding hydrogens is 208 g/mol. The van der Waals surface area contributed by atoms with Crippen LogP contribution in [0.5, 0.6) is 0 Å². The van der Waals surface area contributed by atoms with Crippen LogP contribution in [0.15, 0.2) is 28.2 Å². The molecule has 0 atom stereocenters. The number of hydrogen-bond donors (Lipinski definition) is 1. The molecule has 78 valence electrons. The summed E-state index contributed by atoms with van der Waals surface area (Å²) in [5, 5.41) is 1.15. The summed E-state index contributed by atoms with van der Waals surface area (Å²) in [6.07, 6.45) is 0.834. The lowest BCUT2D eigenvalue weighted by Gasteiger charge is -2.07. The molecule has 0 aliphatic heterocycles. The van der Waals surface area contributed by atoms with Crippen LogP contribution in [0.4, 0.5) is 0 Å². The Hall–Kier alpha value is -1.29. The molecule has 0 aliphatic rings. The van der Waals surface area contributed by atoms with Crippen molar-refractivity contribution in [3.05, 3.63) is 34.1 Å². The van der Waals surface area contributed by atoms with E-state index >= 15 is 0 Å². The minimum atomic E-state index is -0.0255. The maximum Gasteiger partial charge on any atom is 0.262 e. The van der Waals surface area contributed by atoms with Gasteiger partial charge in [0.2, 0.25) is 0 Å². The maximum atomic E-state index is 12.0. The molecule has 0 unspecified atom stereocenters. The van der Waals surface area contributed by atoms with E-state index in [1.165, 1.54) is 4.57 Å². The largest absolute Gasteiger partial charge is 0.290 e. The zero-order valence-electron chi connectivity index (χ0n) is 8.69. The molecule has 4 heteroatoms. The van der Waals surface area contributed by atoms with Gasteiger partial charge >= 0.3 is 0 Å². The first-order chi connectivity index (χ1) is 7.15. The monoisotopic (exact) mass is 220 g/mol. The minimum absolute atomic E-state index is 0.0255. The average molecular weight is 220 g/mol. The lowest BCUT2D eigenvalue weighted by atomic mass is 10.1. The quantitative estimate of drug-likeness (QED) is 0.587. The van der Waals surface area contributed by atoms with Gasteiger partial charge in [0.1, 0.15) is 0 Å². The standard InChI is InChI=1S/C11H12N2OS/c1-3-7-5-4-6-8-9(7)10(14)13(2)11(15)12-8/h4-6H,3H2,1-2H3,(H,12,15). The summed E-state index contributed by atoms with van der Waals surface area (Å²) < 4.78 is 1.46. The highest BCUT2D eigenvalue weighted by atomic mass is 32.1. The number of aromatic nitrogens is 2. The highest BCUT2D eigenvalue weighted by Gasteiger charge is 2.08. The van der Waals surface area contributed by atoms with Crippen molar-refractivity contribution < 1.29 is 0 Å². The predicted octanol–water partition coefficient (Wildman–Crippen LogP) is 1.78. The summed E-state index contributed by atoms with van der Waals surface area (Å²) in [6, 6.07) is 5.72. The van der Waals surface area contributed by atoms with Crippen molar-refractivity contribution in [3.63, 3.8) is 0 Å². The molecule has 0 bridgehead atoms. The van der Waals surface area contributed by atoms with Gasteiger partial charge in [0.25, 0.3) is 5.56 Å². The van der Waals surface area contributed by atoms with Crippen LogP contribution in [0, 0.1) is 0 Å². The fourth-order valence-electron chi connectivity index (χ4n) is 1.66. The van der Waals surface area contributed by atoms with Gasteiger partial charge < -0.3 is 0 Å². The van der Waals surface area contributed by atoms with E-state index in [1.54, 1.807) is 7.05 Å². The van der Waals surface area contributed by atoms with Crippen molar-refractivity contribution in [2.24, 2.45) is 7.05 Å². The third-order valence-corrected chi connectivity index (χ3v) is 2.95. The van der Waals surface area contributed by atoms with Crippen molar-refractivity contribution in [1.82, 2.24) is 9.55 Å². The third-order valence-electron chi connectivity index (χ3n) is 2.55. The van der Waals surface area contributed by atoms with Crippen molar-refractivity contribution >= 4 is 23.5 Å². The Balaban J connectivity index is 3.00. The van der Waals surface area contributed by atoms with Gasteiger partial charge in [-0.05, 0) is 18.1 Å². The molecule has 1 aromatic heterocycles. The fraction of sp³-hybridized carbons (Fsp3) is 0.273. The second-order valence-electron chi connectivity index (χ2n) is 3.44. The molecule has 0 saturated carbocycles. The van der Waals surface area contributed by atoms with Crippen LogP contribution in [0.1, 0.15) is 12.5 Å². The van der Waals surface area contributed by atoms with Crippen LogP contribution in [0.3, 0.4) is 0 Å². The maximum absolute atomic E-state index is 12.0. The van der Waals surface area contributed by atoms with Gasteiger partial charge in [-0.1, -0.05) is 19.1 Å². The smallest absolute Gasteiger partial charge is 0.262 e. The first kappa shape index (κ1) is 10.2. The Morgan fingerprint density at radius 3 is 2.87 bits per heavy atom. The molecule has 3 nitrogen and oxygen atoms in total. The lowest BCUT2D eigenvalue weighted by molar-refractivity contribution is 0.728. The SMILES string of the molecule is CCc1cccc2nc(S)n(C)c(=O)c12. The third kappa shape index (κ3) is 1.55. The number of hydrogen-bond acceptors (Lipinski definition) is 3. The fourth-order valence-corrected chi connectivity index (χ4v) is 1.86. The summed E-state index contributed by atoms with van der Waals surface area (Å²) in [5.41, 5.74) is 1.74. The number of aryl methyl sites for hydroxylation is 1. The molecule has 0 radical (unpaired) electrons. The molecule has 0 aliphatic carbocycles. The van der Waals surface area contributed by atoms with Crippen molar-refractivity contribution in [2.75, 3.05) is 0 Å². The van der Waals surface area contributed by atoms with Gasteiger partial charge in [-0.3, -0.25) is 9.36 Å². The molecule has 0 saturated heterocycles. The van der Waals surface area contributed by atoms with Crippen LogP contribution in [0.2, 0.25) is 0 Å². The van der Waals surface area contributed by atoms with E-state index in [9.17, 15) is 4.79 Å². The van der Waals surface area contributed by atoms with Crippen molar-refractivity contribution in [1.29, 1.82) is 0 Å². The van der Waals surface area contributed by atoms with Crippen LogP contribution in [-0.4, -0.2) is 9.55 Å². The topological polar surface area (TPSA) is 34.9 Å². The summed E-state index contributed by atoms with van der Waals surface area (Å²) in [6.45, 7) is 2.03. The Morgan fingerprint density at radius 1 is 1.47 bits per heavy atom. The predicted molar refractivity (Wildman–Crippen MR) is 63.6 cm³/mol. The van der Waals surface area contributed by atoms with Crippen LogP contribution in [-0.2, 0) is 13.5 Å². The summed E-state index contributed by atoms with van der Waals surface area (Å²) >= 11 is 4.16. The second kappa shape index (κ2) is 3.70. The van der Waals surface area contributed by atoms with Crippen LogP contribution >= 0.6 is 12.6 Å².